The Kier molecular flexibility index (Phi) is 8.00. The fraction of sp³-hybridized carbons (Fsp3) is 0.458. The molecule has 6 nitrogen and oxygen atoms in total. The number of nitrogens with one attached hydrogen (secondary N) is 2. The highest BCUT2D eigenvalue weighted by Gasteiger charge is 2.44. The largest absolute Gasteiger partial charge is 0.480 e. The summed E-state index contributed by atoms with van der Waals surface area (Å²) in [4.78, 5) is 38.9. The summed E-state index contributed by atoms with van der Waals surface area (Å²) in [7, 11) is 0. The van der Waals surface area contributed by atoms with E-state index in [1.54, 1.807) is 11.3 Å². The summed E-state index contributed by atoms with van der Waals surface area (Å²) in [6, 6.07) is 10.6. The van der Waals surface area contributed by atoms with Crippen LogP contribution in [0.25, 0.3) is 10.4 Å². The first-order chi connectivity index (χ1) is 15.2. The second-order valence-corrected chi connectivity index (χ2v) is 10.2. The van der Waals surface area contributed by atoms with Crippen LogP contribution in [0.5, 0.6) is 0 Å². The first-order valence-electron chi connectivity index (χ1n) is 10.9. The molecule has 1 aliphatic rings. The predicted molar refractivity (Wildman–Crippen MR) is 130 cm³/mol. The minimum absolute atomic E-state index is 0.0174. The highest BCUT2D eigenvalue weighted by Crippen LogP contribution is 2.31. The van der Waals surface area contributed by atoms with E-state index < -0.39 is 28.7 Å². The van der Waals surface area contributed by atoms with Gasteiger partial charge in [0.1, 0.15) is 11.6 Å². The molecule has 1 heterocycles. The van der Waals surface area contributed by atoms with Crippen LogP contribution < -0.4 is 10.6 Å². The number of carbonyl (C=O) groups is 3. The number of carboxylic acid groups (broad SMARTS) is 1. The Labute approximate surface area is 198 Å². The number of thiol groups is 1. The van der Waals surface area contributed by atoms with Crippen molar-refractivity contribution in [2.75, 3.05) is 0 Å². The highest BCUT2D eigenvalue weighted by molar-refractivity contribution is 7.81. The van der Waals surface area contributed by atoms with Crippen LogP contribution in [0.15, 0.2) is 41.8 Å². The molecule has 0 spiro atoms. The van der Waals surface area contributed by atoms with Gasteiger partial charge in [-0.1, -0.05) is 57.0 Å². The van der Waals surface area contributed by atoms with Crippen LogP contribution in [-0.4, -0.2) is 39.7 Å². The summed E-state index contributed by atoms with van der Waals surface area (Å²) in [5.41, 5.74) is 0.806. The van der Waals surface area contributed by atoms with E-state index in [0.29, 0.717) is 12.8 Å². The number of hydrogen-bond acceptors (Lipinski definition) is 5. The van der Waals surface area contributed by atoms with E-state index in [1.165, 1.54) is 0 Å². The summed E-state index contributed by atoms with van der Waals surface area (Å²) in [5, 5.41) is 16.8. The van der Waals surface area contributed by atoms with Gasteiger partial charge >= 0.3 is 5.97 Å². The van der Waals surface area contributed by atoms with Crippen molar-refractivity contribution >= 4 is 41.7 Å². The first-order valence-corrected chi connectivity index (χ1v) is 12.3. The van der Waals surface area contributed by atoms with Crippen molar-refractivity contribution in [2.45, 2.75) is 62.8 Å². The van der Waals surface area contributed by atoms with Crippen molar-refractivity contribution in [2.24, 2.45) is 5.92 Å². The minimum atomic E-state index is -1.10. The minimum Gasteiger partial charge on any atom is -0.480 e. The number of aliphatic carboxylic acids is 1. The maximum absolute atomic E-state index is 13.2. The Morgan fingerprint density at radius 1 is 1.12 bits per heavy atom. The average Bonchev–Trinajstić information content (AvgIpc) is 3.46. The Bertz CT molecular complexity index is 935. The summed E-state index contributed by atoms with van der Waals surface area (Å²) in [5.74, 6) is -1.81. The second kappa shape index (κ2) is 10.5. The van der Waals surface area contributed by atoms with Gasteiger partial charge in [-0.2, -0.15) is 12.6 Å². The Balaban J connectivity index is 1.70. The van der Waals surface area contributed by atoms with Gasteiger partial charge in [-0.15, -0.1) is 11.3 Å². The van der Waals surface area contributed by atoms with Gasteiger partial charge in [0, 0.05) is 11.3 Å². The van der Waals surface area contributed by atoms with E-state index in [1.807, 2.05) is 55.6 Å². The van der Waals surface area contributed by atoms with Crippen LogP contribution in [0.3, 0.4) is 0 Å². The number of carboxylic acids is 1. The molecular weight excluding hydrogens is 444 g/mol. The van der Waals surface area contributed by atoms with Crippen molar-refractivity contribution in [3.8, 4) is 10.4 Å². The molecule has 1 aromatic heterocycles. The fourth-order valence-corrected chi connectivity index (χ4v) is 4.78. The molecule has 0 bridgehead atoms. The van der Waals surface area contributed by atoms with Crippen molar-refractivity contribution < 1.29 is 19.5 Å². The molecule has 1 fully saturated rings. The third kappa shape index (κ3) is 5.72. The highest BCUT2D eigenvalue weighted by atomic mass is 32.1. The predicted octanol–water partition coefficient (Wildman–Crippen LogP) is 3.91. The van der Waals surface area contributed by atoms with E-state index in [-0.39, 0.29) is 18.2 Å². The quantitative estimate of drug-likeness (QED) is 0.415. The Morgan fingerprint density at radius 3 is 2.31 bits per heavy atom. The third-order valence-electron chi connectivity index (χ3n) is 5.96. The molecule has 8 heteroatoms. The molecule has 172 valence electrons. The molecule has 0 aliphatic heterocycles. The monoisotopic (exact) mass is 474 g/mol. The Hall–Kier alpha value is -2.32. The molecule has 1 aliphatic carbocycles. The third-order valence-corrected chi connectivity index (χ3v) is 7.71. The standard InChI is InChI=1S/C24H30N2O4S2/c1-15(2)20(31)21(27)26-24(11-3-4-12-24)23(30)25-18(22(28)29)14-16-7-9-17(10-8-16)19-6-5-13-32-19/h5-10,13,15,18,20,31H,3-4,11-12,14H2,1-2H3,(H,25,30)(H,26,27)(H,28,29)/t18-,20-/m0/s1. The number of benzene rings is 1. The summed E-state index contributed by atoms with van der Waals surface area (Å²) >= 11 is 6.00. The lowest BCUT2D eigenvalue weighted by Gasteiger charge is -2.32. The lowest BCUT2D eigenvalue weighted by atomic mass is 9.94. The molecule has 3 rings (SSSR count). The van der Waals surface area contributed by atoms with Gasteiger partial charge in [-0.05, 0) is 41.3 Å². The molecular formula is C24H30N2O4S2. The zero-order valence-corrected chi connectivity index (χ0v) is 20.0. The van der Waals surface area contributed by atoms with E-state index in [4.69, 9.17) is 0 Å². The maximum Gasteiger partial charge on any atom is 0.326 e. The molecule has 0 saturated heterocycles. The van der Waals surface area contributed by atoms with E-state index in [9.17, 15) is 19.5 Å². The fourth-order valence-electron chi connectivity index (χ4n) is 3.98. The van der Waals surface area contributed by atoms with Crippen LogP contribution in [0, 0.1) is 5.92 Å². The van der Waals surface area contributed by atoms with Gasteiger partial charge in [0.25, 0.3) is 0 Å². The molecule has 1 saturated carbocycles. The number of thiophene rings is 1. The Morgan fingerprint density at radius 2 is 1.78 bits per heavy atom. The van der Waals surface area contributed by atoms with Gasteiger partial charge in [0.05, 0.1) is 5.25 Å². The van der Waals surface area contributed by atoms with Gasteiger partial charge in [-0.25, -0.2) is 4.79 Å². The van der Waals surface area contributed by atoms with Gasteiger partial charge < -0.3 is 15.7 Å². The molecule has 2 amide bonds. The molecule has 2 atom stereocenters. The zero-order valence-electron chi connectivity index (χ0n) is 18.3. The summed E-state index contributed by atoms with van der Waals surface area (Å²) in [6.45, 7) is 3.78. The zero-order chi connectivity index (χ0) is 23.3. The average molecular weight is 475 g/mol. The van der Waals surface area contributed by atoms with E-state index in [0.717, 1.165) is 28.8 Å². The van der Waals surface area contributed by atoms with E-state index in [2.05, 4.69) is 23.3 Å². The topological polar surface area (TPSA) is 95.5 Å². The van der Waals surface area contributed by atoms with Crippen LogP contribution in [0.2, 0.25) is 0 Å². The van der Waals surface area contributed by atoms with Gasteiger partial charge in [0.2, 0.25) is 11.8 Å². The van der Waals surface area contributed by atoms with Crippen LogP contribution in [0.1, 0.15) is 45.1 Å². The molecule has 3 N–H and O–H groups in total. The summed E-state index contributed by atoms with van der Waals surface area (Å²) in [6.07, 6.45) is 2.75. The van der Waals surface area contributed by atoms with Crippen molar-refractivity contribution in [3.05, 3.63) is 47.3 Å². The van der Waals surface area contributed by atoms with E-state index >= 15 is 0 Å². The van der Waals surface area contributed by atoms with Crippen molar-refractivity contribution in [1.29, 1.82) is 0 Å². The smallest absolute Gasteiger partial charge is 0.326 e. The molecule has 0 unspecified atom stereocenters. The summed E-state index contributed by atoms with van der Waals surface area (Å²) < 4.78 is 0. The number of hydrogen-bond donors (Lipinski definition) is 4. The molecule has 1 aromatic carbocycles. The first kappa shape index (κ1) is 24.3. The van der Waals surface area contributed by atoms with Crippen molar-refractivity contribution in [3.63, 3.8) is 0 Å². The number of rotatable bonds is 9. The SMILES string of the molecule is CC(C)[C@H](S)C(=O)NC1(C(=O)N[C@@H](Cc2ccc(-c3cccs3)cc2)C(=O)O)CCCC1. The lowest BCUT2D eigenvalue weighted by Crippen LogP contribution is -2.61. The van der Waals surface area contributed by atoms with Crippen LogP contribution in [-0.2, 0) is 20.8 Å². The van der Waals surface area contributed by atoms with Crippen LogP contribution in [0.4, 0.5) is 0 Å². The molecule has 0 radical (unpaired) electrons. The number of carbonyl (C=O) groups excluding carboxylic acids is 2. The second-order valence-electron chi connectivity index (χ2n) is 8.71. The maximum atomic E-state index is 13.2. The van der Waals surface area contributed by atoms with Gasteiger partial charge in [-0.3, -0.25) is 9.59 Å². The number of amides is 2. The molecule has 2 aromatic rings. The van der Waals surface area contributed by atoms with Gasteiger partial charge in [0.15, 0.2) is 0 Å². The van der Waals surface area contributed by atoms with Crippen molar-refractivity contribution in [1.82, 2.24) is 10.6 Å². The van der Waals surface area contributed by atoms with Crippen LogP contribution >= 0.6 is 24.0 Å². The molecule has 32 heavy (non-hydrogen) atoms. The normalized spacial score (nSPS) is 17.0. The lowest BCUT2D eigenvalue weighted by molar-refractivity contribution is -0.143.